The van der Waals surface area contributed by atoms with Gasteiger partial charge in [-0.25, -0.2) is 18.7 Å². The largest absolute Gasteiger partial charge is 0.494 e. The molecule has 0 saturated carbocycles. The molecule has 0 atom stereocenters. The summed E-state index contributed by atoms with van der Waals surface area (Å²) in [5, 5.41) is 9.68. The molecular formula is C16H16F2N4O3. The normalized spacial score (nSPS) is 10.1. The van der Waals surface area contributed by atoms with Crippen LogP contribution in [0.25, 0.3) is 0 Å². The third-order valence-corrected chi connectivity index (χ3v) is 3.12. The molecule has 0 aliphatic carbocycles. The lowest BCUT2D eigenvalue weighted by atomic mass is 10.1. The van der Waals surface area contributed by atoms with Crippen LogP contribution in [0.5, 0.6) is 17.2 Å². The summed E-state index contributed by atoms with van der Waals surface area (Å²) in [5.41, 5.74) is -0.0307. The van der Waals surface area contributed by atoms with Gasteiger partial charge >= 0.3 is 0 Å². The van der Waals surface area contributed by atoms with Crippen LogP contribution in [-0.4, -0.2) is 30.4 Å². The fourth-order valence-electron chi connectivity index (χ4n) is 1.85. The Kier molecular flexibility index (Phi) is 5.83. The van der Waals surface area contributed by atoms with E-state index in [9.17, 15) is 8.78 Å². The van der Waals surface area contributed by atoms with Crippen molar-refractivity contribution < 1.29 is 23.0 Å². The van der Waals surface area contributed by atoms with E-state index in [0.717, 1.165) is 12.3 Å². The number of anilines is 1. The Labute approximate surface area is 142 Å². The molecule has 0 saturated heterocycles. The Hall–Kier alpha value is -3.23. The van der Waals surface area contributed by atoms with E-state index in [1.54, 1.807) is 0 Å². The second-order valence-electron chi connectivity index (χ2n) is 4.71. The van der Waals surface area contributed by atoms with E-state index in [1.807, 2.05) is 0 Å². The van der Waals surface area contributed by atoms with Gasteiger partial charge in [-0.05, 0) is 0 Å². The molecule has 2 N–H and O–H groups in total. The van der Waals surface area contributed by atoms with E-state index in [2.05, 4.69) is 21.9 Å². The highest BCUT2D eigenvalue weighted by Gasteiger charge is 2.20. The van der Waals surface area contributed by atoms with E-state index in [-0.39, 0.29) is 28.8 Å². The number of allylic oxidation sites excluding steroid dienone is 1. The van der Waals surface area contributed by atoms with Crippen molar-refractivity contribution in [1.82, 2.24) is 9.97 Å². The smallest absolute Gasteiger partial charge is 0.227 e. The van der Waals surface area contributed by atoms with Gasteiger partial charge in [0, 0.05) is 12.3 Å². The second-order valence-corrected chi connectivity index (χ2v) is 4.71. The van der Waals surface area contributed by atoms with Crippen LogP contribution >= 0.6 is 0 Å². The molecule has 0 spiro atoms. The summed E-state index contributed by atoms with van der Waals surface area (Å²) in [6.07, 6.45) is 3.65. The number of halogens is 2. The fraction of sp³-hybridized carbons (Fsp3) is 0.188. The Morgan fingerprint density at radius 3 is 2.24 bits per heavy atom. The molecule has 0 aliphatic rings. The molecule has 0 radical (unpaired) electrons. The van der Waals surface area contributed by atoms with E-state index in [1.165, 1.54) is 26.6 Å². The van der Waals surface area contributed by atoms with Crippen molar-refractivity contribution in [1.29, 1.82) is 5.41 Å². The SMILES string of the molecule is C=C(C=N)Nc1ncc(OCc2c(F)c(OC)cc(OC)c2F)cn1. The lowest BCUT2D eigenvalue weighted by molar-refractivity contribution is 0.280. The maximum absolute atomic E-state index is 14.2. The van der Waals surface area contributed by atoms with Crippen LogP contribution in [-0.2, 0) is 6.61 Å². The van der Waals surface area contributed by atoms with E-state index >= 15 is 0 Å². The summed E-state index contributed by atoms with van der Waals surface area (Å²) in [7, 11) is 2.53. The van der Waals surface area contributed by atoms with Gasteiger partial charge in [-0.3, -0.25) is 0 Å². The van der Waals surface area contributed by atoms with E-state index < -0.39 is 18.2 Å². The first kappa shape index (κ1) is 18.1. The van der Waals surface area contributed by atoms with Crippen molar-refractivity contribution in [2.75, 3.05) is 19.5 Å². The number of hydrogen-bond donors (Lipinski definition) is 2. The summed E-state index contributed by atoms with van der Waals surface area (Å²) >= 11 is 0. The summed E-state index contributed by atoms with van der Waals surface area (Å²) in [5.74, 6) is -1.65. The van der Waals surface area contributed by atoms with Crippen LogP contribution in [0.3, 0.4) is 0 Å². The first-order chi connectivity index (χ1) is 12.0. The Balaban J connectivity index is 2.15. The van der Waals surface area contributed by atoms with Gasteiger partial charge < -0.3 is 24.9 Å². The highest BCUT2D eigenvalue weighted by Crippen LogP contribution is 2.31. The highest BCUT2D eigenvalue weighted by atomic mass is 19.1. The molecule has 1 aromatic carbocycles. The van der Waals surface area contributed by atoms with Crippen LogP contribution in [0.4, 0.5) is 14.7 Å². The van der Waals surface area contributed by atoms with E-state index in [4.69, 9.17) is 19.6 Å². The molecule has 0 aliphatic heterocycles. The number of benzene rings is 1. The first-order valence-corrected chi connectivity index (χ1v) is 7.00. The fourth-order valence-corrected chi connectivity index (χ4v) is 1.85. The molecule has 0 bridgehead atoms. The Morgan fingerprint density at radius 1 is 1.20 bits per heavy atom. The molecule has 0 amide bonds. The summed E-state index contributed by atoms with van der Waals surface area (Å²) in [4.78, 5) is 7.89. The van der Waals surface area contributed by atoms with Crippen molar-refractivity contribution in [2.24, 2.45) is 0 Å². The Morgan fingerprint density at radius 2 is 1.76 bits per heavy atom. The quantitative estimate of drug-likeness (QED) is 0.712. The topological polar surface area (TPSA) is 89.4 Å². The van der Waals surface area contributed by atoms with Crippen molar-refractivity contribution >= 4 is 12.2 Å². The minimum atomic E-state index is -0.873. The number of nitrogens with zero attached hydrogens (tertiary/aromatic N) is 2. The first-order valence-electron chi connectivity index (χ1n) is 7.00. The molecule has 1 heterocycles. The number of hydrogen-bond acceptors (Lipinski definition) is 7. The molecule has 0 fully saturated rings. The molecule has 2 aromatic rings. The third-order valence-electron chi connectivity index (χ3n) is 3.12. The van der Waals surface area contributed by atoms with Gasteiger partial charge in [0.2, 0.25) is 5.95 Å². The highest BCUT2D eigenvalue weighted by molar-refractivity contribution is 5.78. The van der Waals surface area contributed by atoms with Crippen molar-refractivity contribution in [3.63, 3.8) is 0 Å². The standard InChI is InChI=1S/C16H16F2N4O3/c1-9(5-19)22-16-20-6-10(7-21-16)25-8-11-14(17)12(23-2)4-13(24-3)15(11)18/h4-7,19H,1,8H2,2-3H3,(H,20,21,22). The van der Waals surface area contributed by atoms with Crippen molar-refractivity contribution in [2.45, 2.75) is 6.61 Å². The van der Waals surface area contributed by atoms with Gasteiger partial charge in [-0.2, -0.15) is 0 Å². The Bertz CT molecular complexity index is 754. The monoisotopic (exact) mass is 350 g/mol. The zero-order valence-electron chi connectivity index (χ0n) is 13.6. The van der Waals surface area contributed by atoms with Crippen molar-refractivity contribution in [3.8, 4) is 17.2 Å². The van der Waals surface area contributed by atoms with Crippen LogP contribution in [0, 0.1) is 17.0 Å². The van der Waals surface area contributed by atoms with Gasteiger partial charge in [0.1, 0.15) is 6.61 Å². The van der Waals surface area contributed by atoms with Crippen LogP contribution < -0.4 is 19.5 Å². The third kappa shape index (κ3) is 4.19. The number of nitrogens with one attached hydrogen (secondary N) is 2. The molecule has 2 rings (SSSR count). The van der Waals surface area contributed by atoms with Crippen molar-refractivity contribution in [3.05, 3.63) is 47.9 Å². The predicted molar refractivity (Wildman–Crippen MR) is 87.4 cm³/mol. The lowest BCUT2D eigenvalue weighted by Crippen LogP contribution is -2.07. The summed E-state index contributed by atoms with van der Waals surface area (Å²) in [6.45, 7) is 3.14. The van der Waals surface area contributed by atoms with Gasteiger partial charge in [0.25, 0.3) is 0 Å². The average Bonchev–Trinajstić information content (AvgIpc) is 2.63. The van der Waals surface area contributed by atoms with Crippen LogP contribution in [0.15, 0.2) is 30.7 Å². The number of aromatic nitrogens is 2. The summed E-state index contributed by atoms with van der Waals surface area (Å²) < 4.78 is 43.5. The second kappa shape index (κ2) is 8.04. The average molecular weight is 350 g/mol. The van der Waals surface area contributed by atoms with Gasteiger partial charge in [-0.1, -0.05) is 6.58 Å². The molecule has 25 heavy (non-hydrogen) atoms. The summed E-state index contributed by atoms with van der Waals surface area (Å²) in [6, 6.07) is 1.12. The molecule has 0 unspecified atom stereocenters. The van der Waals surface area contributed by atoms with Crippen LogP contribution in [0.1, 0.15) is 5.56 Å². The number of methoxy groups -OCH3 is 2. The van der Waals surface area contributed by atoms with E-state index in [0.29, 0.717) is 5.70 Å². The zero-order valence-corrected chi connectivity index (χ0v) is 13.6. The lowest BCUT2D eigenvalue weighted by Gasteiger charge is -2.13. The maximum Gasteiger partial charge on any atom is 0.227 e. The molecule has 7 nitrogen and oxygen atoms in total. The van der Waals surface area contributed by atoms with Gasteiger partial charge in [0.05, 0.1) is 37.9 Å². The molecule has 9 heteroatoms. The molecule has 132 valence electrons. The van der Waals surface area contributed by atoms with Gasteiger partial charge in [-0.15, -0.1) is 0 Å². The minimum Gasteiger partial charge on any atom is -0.494 e. The molecular weight excluding hydrogens is 334 g/mol. The molecule has 1 aromatic heterocycles. The number of rotatable bonds is 8. The minimum absolute atomic E-state index is 0.155. The zero-order chi connectivity index (χ0) is 18.4. The number of ether oxygens (including phenoxy) is 3. The van der Waals surface area contributed by atoms with Crippen LogP contribution in [0.2, 0.25) is 0 Å². The predicted octanol–water partition coefficient (Wildman–Crippen LogP) is 2.93. The van der Waals surface area contributed by atoms with Gasteiger partial charge in [0.15, 0.2) is 28.9 Å². The maximum atomic E-state index is 14.2.